The third-order valence-electron chi connectivity index (χ3n) is 6.75. The van der Waals surface area contributed by atoms with Crippen molar-refractivity contribution in [3.63, 3.8) is 0 Å². The summed E-state index contributed by atoms with van der Waals surface area (Å²) in [6.07, 6.45) is 1.03. The van der Waals surface area contributed by atoms with E-state index in [1.54, 1.807) is 6.92 Å². The molecule has 0 aromatic heterocycles. The Labute approximate surface area is 247 Å². The van der Waals surface area contributed by atoms with Gasteiger partial charge in [-0.2, -0.15) is 0 Å². The lowest BCUT2D eigenvalue weighted by Crippen LogP contribution is -2.52. The monoisotopic (exact) mass is 599 g/mol. The van der Waals surface area contributed by atoms with E-state index in [1.165, 1.54) is 49.5 Å². The highest BCUT2D eigenvalue weighted by atomic mass is 32.2. The number of sulfonamides is 1. The van der Waals surface area contributed by atoms with Crippen molar-refractivity contribution in [1.29, 1.82) is 0 Å². The van der Waals surface area contributed by atoms with Crippen molar-refractivity contribution in [3.05, 3.63) is 83.7 Å². The molecule has 0 radical (unpaired) electrons. The molecule has 3 aromatic carbocycles. The van der Waals surface area contributed by atoms with Crippen LogP contribution in [-0.2, 0) is 26.2 Å². The van der Waals surface area contributed by atoms with E-state index < -0.39 is 34.3 Å². The number of ether oxygens (including phenoxy) is 2. The number of carbonyl (C=O) groups excluding carboxylic acids is 2. The van der Waals surface area contributed by atoms with Gasteiger partial charge in [0.05, 0.1) is 24.8 Å². The van der Waals surface area contributed by atoms with Gasteiger partial charge in [-0.1, -0.05) is 43.7 Å². The number of aryl methyl sites for hydroxylation is 1. The number of rotatable bonds is 14. The molecule has 0 unspecified atom stereocenters. The van der Waals surface area contributed by atoms with Gasteiger partial charge in [0.2, 0.25) is 11.8 Å². The van der Waals surface area contributed by atoms with Crippen LogP contribution < -0.4 is 19.1 Å². The zero-order valence-corrected chi connectivity index (χ0v) is 25.4. The first-order chi connectivity index (χ1) is 20.0. The highest BCUT2D eigenvalue weighted by molar-refractivity contribution is 7.92. The fourth-order valence-electron chi connectivity index (χ4n) is 4.42. The van der Waals surface area contributed by atoms with Gasteiger partial charge >= 0.3 is 0 Å². The van der Waals surface area contributed by atoms with Crippen LogP contribution in [0, 0.1) is 12.7 Å². The summed E-state index contributed by atoms with van der Waals surface area (Å²) in [5.41, 5.74) is 1.90. The van der Waals surface area contributed by atoms with Gasteiger partial charge in [0.25, 0.3) is 10.0 Å². The molecule has 0 spiro atoms. The van der Waals surface area contributed by atoms with Crippen molar-refractivity contribution in [2.24, 2.45) is 0 Å². The van der Waals surface area contributed by atoms with E-state index in [4.69, 9.17) is 9.47 Å². The summed E-state index contributed by atoms with van der Waals surface area (Å²) in [5, 5.41) is 2.85. The molecule has 0 aliphatic rings. The van der Waals surface area contributed by atoms with Gasteiger partial charge in [-0.05, 0) is 61.7 Å². The molecule has 3 aromatic rings. The number of hydrogen-bond acceptors (Lipinski definition) is 6. The SMILES string of the molecule is CCCNC(=O)[C@@H](CC)N(Cc1ccc(C)cc1)C(=O)CN(c1ccc(F)cc1)S(=O)(=O)c1ccc(OC)c(OC)c1. The maximum Gasteiger partial charge on any atom is 0.264 e. The van der Waals surface area contributed by atoms with Crippen LogP contribution in [0.25, 0.3) is 0 Å². The lowest BCUT2D eigenvalue weighted by molar-refractivity contribution is -0.140. The number of nitrogens with one attached hydrogen (secondary N) is 1. The minimum atomic E-state index is -4.37. The number of amides is 2. The summed E-state index contributed by atoms with van der Waals surface area (Å²) in [7, 11) is -1.56. The van der Waals surface area contributed by atoms with Gasteiger partial charge in [-0.15, -0.1) is 0 Å². The molecule has 0 saturated carbocycles. The molecule has 2 amide bonds. The van der Waals surface area contributed by atoms with Gasteiger partial charge in [-0.25, -0.2) is 12.8 Å². The van der Waals surface area contributed by atoms with Crippen molar-refractivity contribution in [3.8, 4) is 11.5 Å². The molecule has 11 heteroatoms. The van der Waals surface area contributed by atoms with Crippen molar-refractivity contribution in [1.82, 2.24) is 10.2 Å². The second-order valence-electron chi connectivity index (χ2n) is 9.73. The van der Waals surface area contributed by atoms with Crippen LogP contribution in [0.4, 0.5) is 10.1 Å². The molecule has 0 aliphatic carbocycles. The molecular formula is C31H38FN3O6S. The molecule has 1 N–H and O–H groups in total. The quantitative estimate of drug-likeness (QED) is 0.289. The Balaban J connectivity index is 2.08. The molecule has 0 aliphatic heterocycles. The Morgan fingerprint density at radius 1 is 0.929 bits per heavy atom. The zero-order chi connectivity index (χ0) is 30.9. The van der Waals surface area contributed by atoms with Crippen LogP contribution in [0.5, 0.6) is 11.5 Å². The number of hydrogen-bond donors (Lipinski definition) is 1. The number of benzene rings is 3. The Bertz CT molecular complexity index is 1460. The van der Waals surface area contributed by atoms with Crippen molar-refractivity contribution < 1.29 is 31.9 Å². The van der Waals surface area contributed by atoms with E-state index in [0.29, 0.717) is 18.7 Å². The molecule has 0 saturated heterocycles. The Hall–Kier alpha value is -4.12. The minimum absolute atomic E-state index is 0.0818. The normalized spacial score (nSPS) is 11.9. The standard InChI is InChI=1S/C31H38FN3O6S/c1-6-18-33-31(37)27(7-2)34(20-23-10-8-22(3)9-11-23)30(36)21-35(25-14-12-24(32)13-15-25)42(38,39)26-16-17-28(40-4)29(19-26)41-5/h8-17,19,27H,6-7,18,20-21H2,1-5H3,(H,33,37)/t27-/m1/s1. The Morgan fingerprint density at radius 2 is 1.57 bits per heavy atom. The minimum Gasteiger partial charge on any atom is -0.493 e. The van der Waals surface area contributed by atoms with Crippen LogP contribution in [-0.4, -0.2) is 58.5 Å². The number of methoxy groups -OCH3 is 2. The van der Waals surface area contributed by atoms with Crippen LogP contribution in [0.15, 0.2) is 71.6 Å². The van der Waals surface area contributed by atoms with Gasteiger partial charge in [0.1, 0.15) is 18.4 Å². The molecule has 42 heavy (non-hydrogen) atoms. The lowest BCUT2D eigenvalue weighted by Gasteiger charge is -2.33. The fraction of sp³-hybridized carbons (Fsp3) is 0.355. The molecule has 9 nitrogen and oxygen atoms in total. The summed E-state index contributed by atoms with van der Waals surface area (Å²) >= 11 is 0. The average molecular weight is 600 g/mol. The summed E-state index contributed by atoms with van der Waals surface area (Å²) in [6, 6.07) is 15.6. The number of anilines is 1. The van der Waals surface area contributed by atoms with E-state index in [9.17, 15) is 22.4 Å². The average Bonchev–Trinajstić information content (AvgIpc) is 2.99. The largest absolute Gasteiger partial charge is 0.493 e. The predicted molar refractivity (Wildman–Crippen MR) is 160 cm³/mol. The first-order valence-corrected chi connectivity index (χ1v) is 15.1. The smallest absolute Gasteiger partial charge is 0.264 e. The lowest BCUT2D eigenvalue weighted by atomic mass is 10.1. The fourth-order valence-corrected chi connectivity index (χ4v) is 5.85. The third-order valence-corrected chi connectivity index (χ3v) is 8.51. The van der Waals surface area contributed by atoms with E-state index >= 15 is 0 Å². The maximum atomic E-state index is 14.1. The Kier molecular flexibility index (Phi) is 11.3. The molecule has 226 valence electrons. The third kappa shape index (κ3) is 7.79. The van der Waals surface area contributed by atoms with Gasteiger partial charge in [0.15, 0.2) is 11.5 Å². The summed E-state index contributed by atoms with van der Waals surface area (Å²) in [6.45, 7) is 5.56. The zero-order valence-electron chi connectivity index (χ0n) is 24.6. The highest BCUT2D eigenvalue weighted by Crippen LogP contribution is 2.32. The molecule has 3 rings (SSSR count). The van der Waals surface area contributed by atoms with E-state index in [1.807, 2.05) is 38.1 Å². The first kappa shape index (κ1) is 32.4. The van der Waals surface area contributed by atoms with Crippen molar-refractivity contribution in [2.45, 2.75) is 51.1 Å². The van der Waals surface area contributed by atoms with Crippen LogP contribution in [0.1, 0.15) is 37.8 Å². The molecule has 1 atom stereocenters. The molecule has 0 heterocycles. The summed E-state index contributed by atoms with van der Waals surface area (Å²) < 4.78 is 53.4. The Morgan fingerprint density at radius 3 is 2.14 bits per heavy atom. The number of halogens is 1. The van der Waals surface area contributed by atoms with Crippen LogP contribution >= 0.6 is 0 Å². The van der Waals surface area contributed by atoms with Crippen molar-refractivity contribution >= 4 is 27.5 Å². The molecular weight excluding hydrogens is 561 g/mol. The highest BCUT2D eigenvalue weighted by Gasteiger charge is 2.34. The van der Waals surface area contributed by atoms with Crippen molar-refractivity contribution in [2.75, 3.05) is 31.6 Å². The second kappa shape index (κ2) is 14.7. The topological polar surface area (TPSA) is 105 Å². The second-order valence-corrected chi connectivity index (χ2v) is 11.6. The predicted octanol–water partition coefficient (Wildman–Crippen LogP) is 4.68. The number of nitrogens with zero attached hydrogens (tertiary/aromatic N) is 2. The van der Waals surface area contributed by atoms with E-state index in [2.05, 4.69) is 5.32 Å². The van der Waals surface area contributed by atoms with Gasteiger partial charge in [-0.3, -0.25) is 13.9 Å². The summed E-state index contributed by atoms with van der Waals surface area (Å²) in [5.74, 6) is -0.968. The van der Waals surface area contributed by atoms with E-state index in [0.717, 1.165) is 34.0 Å². The van der Waals surface area contributed by atoms with E-state index in [-0.39, 0.29) is 28.8 Å². The number of carbonyl (C=O) groups is 2. The van der Waals surface area contributed by atoms with Crippen LogP contribution in [0.3, 0.4) is 0 Å². The maximum absolute atomic E-state index is 14.1. The van der Waals surface area contributed by atoms with Crippen LogP contribution in [0.2, 0.25) is 0 Å². The van der Waals surface area contributed by atoms with Gasteiger partial charge < -0.3 is 19.7 Å². The molecule has 0 fully saturated rings. The first-order valence-electron chi connectivity index (χ1n) is 13.7. The van der Waals surface area contributed by atoms with Gasteiger partial charge in [0, 0.05) is 19.2 Å². The molecule has 0 bridgehead atoms. The summed E-state index contributed by atoms with van der Waals surface area (Å²) in [4.78, 5) is 28.5.